The highest BCUT2D eigenvalue weighted by atomic mass is 16.5. The molecular formula is C22H22N4O3. The van der Waals surface area contributed by atoms with Crippen LogP contribution in [-0.4, -0.2) is 34.2 Å². The Hall–Kier alpha value is -3.61. The van der Waals surface area contributed by atoms with Crippen LogP contribution in [0.15, 0.2) is 60.9 Å². The van der Waals surface area contributed by atoms with Crippen LogP contribution in [-0.2, 0) is 16.1 Å². The van der Waals surface area contributed by atoms with Crippen LogP contribution < -0.4 is 15.0 Å². The Kier molecular flexibility index (Phi) is 4.58. The Morgan fingerprint density at radius 1 is 1.21 bits per heavy atom. The van der Waals surface area contributed by atoms with Crippen LogP contribution in [0.3, 0.4) is 0 Å². The zero-order valence-electron chi connectivity index (χ0n) is 16.5. The predicted molar refractivity (Wildman–Crippen MR) is 110 cm³/mol. The third kappa shape index (κ3) is 3.47. The zero-order chi connectivity index (χ0) is 20.6. The molecule has 0 saturated carbocycles. The predicted octanol–water partition coefficient (Wildman–Crippen LogP) is 2.99. The van der Waals surface area contributed by atoms with Gasteiger partial charge in [-0.3, -0.25) is 14.3 Å². The fourth-order valence-corrected chi connectivity index (χ4v) is 3.39. The van der Waals surface area contributed by atoms with Crippen LogP contribution in [0.4, 0.5) is 11.4 Å². The second kappa shape index (κ2) is 7.09. The second-order valence-corrected chi connectivity index (χ2v) is 7.33. The topological polar surface area (TPSA) is 76.5 Å². The van der Waals surface area contributed by atoms with E-state index in [-0.39, 0.29) is 0 Å². The van der Waals surface area contributed by atoms with Crippen molar-refractivity contribution in [2.24, 2.45) is 0 Å². The van der Waals surface area contributed by atoms with E-state index in [0.29, 0.717) is 23.7 Å². The maximum atomic E-state index is 13.0. The van der Waals surface area contributed by atoms with Crippen LogP contribution in [0.1, 0.15) is 18.1 Å². The van der Waals surface area contributed by atoms with Crippen molar-refractivity contribution in [3.05, 3.63) is 72.1 Å². The van der Waals surface area contributed by atoms with E-state index in [1.807, 2.05) is 49.5 Å². The first kappa shape index (κ1) is 18.7. The number of hydrogen-bond acceptors (Lipinski definition) is 4. The third-order valence-electron chi connectivity index (χ3n) is 5.02. The van der Waals surface area contributed by atoms with Gasteiger partial charge in [-0.15, -0.1) is 0 Å². The molecule has 7 heteroatoms. The lowest BCUT2D eigenvalue weighted by atomic mass is 9.99. The molecule has 2 amide bonds. The molecule has 1 unspecified atom stereocenters. The van der Waals surface area contributed by atoms with Crippen molar-refractivity contribution >= 4 is 23.2 Å². The third-order valence-corrected chi connectivity index (χ3v) is 5.02. The maximum absolute atomic E-state index is 13.0. The van der Waals surface area contributed by atoms with E-state index in [1.54, 1.807) is 30.1 Å². The number of hydrogen-bond donors (Lipinski definition) is 1. The summed E-state index contributed by atoms with van der Waals surface area (Å²) in [5.41, 5.74) is 1.57. The summed E-state index contributed by atoms with van der Waals surface area (Å²) in [5.74, 6) is -0.430. The minimum Gasteiger partial charge on any atom is -0.465 e. The summed E-state index contributed by atoms with van der Waals surface area (Å²) >= 11 is 0. The van der Waals surface area contributed by atoms with Gasteiger partial charge < -0.3 is 15.0 Å². The highest BCUT2D eigenvalue weighted by Crippen LogP contribution is 2.38. The number of likely N-dealkylation sites (N-methyl/N-ethyl adjacent to an activating group) is 1. The molecule has 148 valence electrons. The molecule has 2 aromatic carbocycles. The first-order chi connectivity index (χ1) is 13.9. The average Bonchev–Trinajstić information content (AvgIpc) is 3.20. The molecule has 3 aromatic rings. The molecule has 1 aliphatic rings. The van der Waals surface area contributed by atoms with Crippen molar-refractivity contribution in [2.75, 3.05) is 17.3 Å². The number of fused-ring (bicyclic) bond motifs is 1. The number of aryl methyl sites for hydroxylation is 1. The van der Waals surface area contributed by atoms with E-state index < -0.39 is 17.4 Å². The number of ether oxygens (including phenoxy) is 1. The van der Waals surface area contributed by atoms with Gasteiger partial charge in [0.2, 0.25) is 0 Å². The van der Waals surface area contributed by atoms with Gasteiger partial charge in [0.25, 0.3) is 17.4 Å². The first-order valence-corrected chi connectivity index (χ1v) is 9.32. The molecule has 0 radical (unpaired) electrons. The molecule has 0 fully saturated rings. The number of anilines is 2. The van der Waals surface area contributed by atoms with Crippen molar-refractivity contribution in [1.29, 1.82) is 0 Å². The molecule has 1 aliphatic heterocycles. The van der Waals surface area contributed by atoms with E-state index in [0.717, 1.165) is 11.1 Å². The Balaban J connectivity index is 1.56. The number of nitrogens with one attached hydrogen (secondary N) is 1. The standard InChI is InChI=1S/C22H22N4O3/c1-15-8-9-19-18(12-15)25(3)21(28)22(2,29-19)20(27)24-17-7-4-6-16(13-17)14-26-11-5-10-23-26/h4-13H,14H2,1-3H3,(H,24,27). The summed E-state index contributed by atoms with van der Waals surface area (Å²) in [4.78, 5) is 27.5. The van der Waals surface area contributed by atoms with E-state index in [1.165, 1.54) is 11.8 Å². The summed E-state index contributed by atoms with van der Waals surface area (Å²) in [6.45, 7) is 4.02. The Morgan fingerprint density at radius 2 is 2.03 bits per heavy atom. The normalized spacial score (nSPS) is 18.2. The quantitative estimate of drug-likeness (QED) is 0.695. The van der Waals surface area contributed by atoms with Gasteiger partial charge in [-0.2, -0.15) is 5.10 Å². The number of rotatable bonds is 4. The highest BCUT2D eigenvalue weighted by molar-refractivity contribution is 6.19. The Bertz CT molecular complexity index is 1080. The van der Waals surface area contributed by atoms with Gasteiger partial charge in [-0.1, -0.05) is 18.2 Å². The number of carbonyl (C=O) groups excluding carboxylic acids is 2. The molecular weight excluding hydrogens is 368 g/mol. The van der Waals surface area contributed by atoms with Crippen LogP contribution in [0, 0.1) is 6.92 Å². The van der Waals surface area contributed by atoms with Crippen LogP contribution in [0.25, 0.3) is 0 Å². The van der Waals surface area contributed by atoms with Crippen molar-refractivity contribution in [1.82, 2.24) is 9.78 Å². The van der Waals surface area contributed by atoms with Gasteiger partial charge >= 0.3 is 0 Å². The van der Waals surface area contributed by atoms with Crippen molar-refractivity contribution in [3.63, 3.8) is 0 Å². The molecule has 1 atom stereocenters. The van der Waals surface area contributed by atoms with E-state index in [2.05, 4.69) is 10.4 Å². The SMILES string of the molecule is Cc1ccc2c(c1)N(C)C(=O)C(C)(C(=O)Nc1cccc(Cn3cccn3)c1)O2. The first-order valence-electron chi connectivity index (χ1n) is 9.32. The van der Waals surface area contributed by atoms with Gasteiger partial charge in [0, 0.05) is 25.1 Å². The lowest BCUT2D eigenvalue weighted by Gasteiger charge is -2.38. The van der Waals surface area contributed by atoms with Crippen LogP contribution >= 0.6 is 0 Å². The minimum atomic E-state index is -1.66. The van der Waals surface area contributed by atoms with E-state index in [4.69, 9.17) is 4.74 Å². The molecule has 4 rings (SSSR count). The molecule has 2 heterocycles. The molecule has 1 aromatic heterocycles. The van der Waals surface area contributed by atoms with Gasteiger partial charge in [-0.05, 0) is 55.3 Å². The largest absolute Gasteiger partial charge is 0.465 e. The molecule has 0 spiro atoms. The maximum Gasteiger partial charge on any atom is 0.280 e. The second-order valence-electron chi connectivity index (χ2n) is 7.33. The van der Waals surface area contributed by atoms with Crippen molar-refractivity contribution in [3.8, 4) is 5.75 Å². The molecule has 29 heavy (non-hydrogen) atoms. The average molecular weight is 390 g/mol. The fraction of sp³-hybridized carbons (Fsp3) is 0.227. The highest BCUT2D eigenvalue weighted by Gasteiger charge is 2.49. The number of carbonyl (C=O) groups is 2. The zero-order valence-corrected chi connectivity index (χ0v) is 16.5. The summed E-state index contributed by atoms with van der Waals surface area (Å²) in [6, 6.07) is 14.8. The number of nitrogens with zero attached hydrogens (tertiary/aromatic N) is 3. The molecule has 0 aliphatic carbocycles. The monoisotopic (exact) mass is 390 g/mol. The van der Waals surface area contributed by atoms with Gasteiger partial charge in [0.1, 0.15) is 5.75 Å². The van der Waals surface area contributed by atoms with Gasteiger partial charge in [-0.25, -0.2) is 0 Å². The number of benzene rings is 2. The summed E-state index contributed by atoms with van der Waals surface area (Å²) in [5, 5.41) is 7.02. The molecule has 7 nitrogen and oxygen atoms in total. The Labute approximate surface area is 168 Å². The lowest BCUT2D eigenvalue weighted by Crippen LogP contribution is -2.59. The van der Waals surface area contributed by atoms with Crippen LogP contribution in [0.5, 0.6) is 5.75 Å². The van der Waals surface area contributed by atoms with Crippen molar-refractivity contribution in [2.45, 2.75) is 26.0 Å². The van der Waals surface area contributed by atoms with Gasteiger partial charge in [0.15, 0.2) is 0 Å². The summed E-state index contributed by atoms with van der Waals surface area (Å²) in [7, 11) is 1.65. The number of aromatic nitrogens is 2. The minimum absolute atomic E-state index is 0.416. The number of amides is 2. The lowest BCUT2D eigenvalue weighted by molar-refractivity contribution is -0.144. The van der Waals surface area contributed by atoms with Gasteiger partial charge in [0.05, 0.1) is 12.2 Å². The molecule has 1 N–H and O–H groups in total. The molecule has 0 saturated heterocycles. The van der Waals surface area contributed by atoms with E-state index in [9.17, 15) is 9.59 Å². The summed E-state index contributed by atoms with van der Waals surface area (Å²) in [6.07, 6.45) is 3.59. The summed E-state index contributed by atoms with van der Waals surface area (Å²) < 4.78 is 7.68. The smallest absolute Gasteiger partial charge is 0.280 e. The van der Waals surface area contributed by atoms with E-state index >= 15 is 0 Å². The van der Waals surface area contributed by atoms with Crippen LogP contribution in [0.2, 0.25) is 0 Å². The van der Waals surface area contributed by atoms with Crippen molar-refractivity contribution < 1.29 is 14.3 Å². The fourth-order valence-electron chi connectivity index (χ4n) is 3.39. The Morgan fingerprint density at radius 3 is 2.79 bits per heavy atom. The molecule has 0 bridgehead atoms.